The fraction of sp³-hybridized carbons (Fsp3) is 0.321. The normalized spacial score (nSPS) is 22.0. The highest BCUT2D eigenvalue weighted by Crippen LogP contribution is 2.35. The summed E-state index contributed by atoms with van der Waals surface area (Å²) in [5.41, 5.74) is 5.36. The number of fused-ring (bicyclic) bond motifs is 3. The molecule has 0 saturated carbocycles. The standard InChI is InChI=1S/C28H28FN5O/c1-17-12-19(5-8-25(17)29)27-23(4-3-10-30-27)18-9-11-34-26(13-18)24(16-31-34)28(35)32-20-14-21-6-7-22(15-20)33(21)2/h3-5,8-13,16,20-22H,6-7,14-15H2,1-2H3,(H,32,35). The number of hydrogen-bond donors (Lipinski definition) is 1. The number of piperidine rings is 1. The minimum Gasteiger partial charge on any atom is -0.349 e. The number of aryl methyl sites for hydroxylation is 1. The van der Waals surface area contributed by atoms with E-state index in [0.29, 0.717) is 23.2 Å². The molecular formula is C28H28FN5O. The first-order valence-corrected chi connectivity index (χ1v) is 12.2. The van der Waals surface area contributed by atoms with E-state index < -0.39 is 0 Å². The molecule has 0 radical (unpaired) electrons. The molecule has 2 unspecified atom stereocenters. The number of rotatable bonds is 4. The predicted octanol–water partition coefficient (Wildman–Crippen LogP) is 4.87. The number of halogens is 1. The van der Waals surface area contributed by atoms with Crippen LogP contribution in [0.5, 0.6) is 0 Å². The zero-order chi connectivity index (χ0) is 24.1. The molecule has 6 rings (SSSR count). The number of amides is 1. The number of carbonyl (C=O) groups is 1. The summed E-state index contributed by atoms with van der Waals surface area (Å²) in [5, 5.41) is 7.69. The van der Waals surface area contributed by atoms with Crippen molar-refractivity contribution in [2.24, 2.45) is 0 Å². The summed E-state index contributed by atoms with van der Waals surface area (Å²) in [6.07, 6.45) is 9.68. The Balaban J connectivity index is 1.32. The number of pyridine rings is 2. The van der Waals surface area contributed by atoms with E-state index in [1.165, 1.54) is 18.9 Å². The van der Waals surface area contributed by atoms with Crippen LogP contribution in [0.1, 0.15) is 41.6 Å². The molecule has 2 atom stereocenters. The fourth-order valence-corrected chi connectivity index (χ4v) is 5.78. The topological polar surface area (TPSA) is 62.5 Å². The van der Waals surface area contributed by atoms with Crippen molar-refractivity contribution in [3.63, 3.8) is 0 Å². The Morgan fingerprint density at radius 1 is 1.09 bits per heavy atom. The van der Waals surface area contributed by atoms with Crippen LogP contribution in [0.3, 0.4) is 0 Å². The van der Waals surface area contributed by atoms with Gasteiger partial charge in [-0.3, -0.25) is 9.78 Å². The Kier molecular flexibility index (Phi) is 5.37. The first kappa shape index (κ1) is 21.9. The molecule has 2 aliphatic rings. The minimum absolute atomic E-state index is 0.0772. The van der Waals surface area contributed by atoms with Crippen LogP contribution in [0.15, 0.2) is 61.1 Å². The number of hydrogen-bond acceptors (Lipinski definition) is 4. The van der Waals surface area contributed by atoms with Crippen LogP contribution in [0.2, 0.25) is 0 Å². The predicted molar refractivity (Wildman–Crippen MR) is 134 cm³/mol. The molecule has 2 aliphatic heterocycles. The van der Waals surface area contributed by atoms with Crippen molar-refractivity contribution >= 4 is 11.4 Å². The Bertz CT molecular complexity index is 1420. The largest absolute Gasteiger partial charge is 0.349 e. The molecule has 1 amide bonds. The van der Waals surface area contributed by atoms with Crippen molar-refractivity contribution in [3.8, 4) is 22.4 Å². The molecule has 2 bridgehead atoms. The number of nitrogens with one attached hydrogen (secondary N) is 1. The third kappa shape index (κ3) is 3.90. The fourth-order valence-electron chi connectivity index (χ4n) is 5.78. The quantitative estimate of drug-likeness (QED) is 0.463. The second-order valence-corrected chi connectivity index (χ2v) is 9.86. The second-order valence-electron chi connectivity index (χ2n) is 9.86. The maximum absolute atomic E-state index is 13.9. The highest BCUT2D eigenvalue weighted by atomic mass is 19.1. The average molecular weight is 470 g/mol. The molecular weight excluding hydrogens is 441 g/mol. The average Bonchev–Trinajstić information content (AvgIpc) is 3.36. The van der Waals surface area contributed by atoms with E-state index in [9.17, 15) is 9.18 Å². The van der Waals surface area contributed by atoms with Crippen molar-refractivity contribution in [1.82, 2.24) is 24.8 Å². The van der Waals surface area contributed by atoms with Gasteiger partial charge in [-0.15, -0.1) is 0 Å². The molecule has 6 nitrogen and oxygen atoms in total. The lowest BCUT2D eigenvalue weighted by atomic mass is 9.97. The second kappa shape index (κ2) is 8.57. The summed E-state index contributed by atoms with van der Waals surface area (Å²) in [4.78, 5) is 20.4. The molecule has 7 heteroatoms. The van der Waals surface area contributed by atoms with Gasteiger partial charge < -0.3 is 10.2 Å². The first-order valence-electron chi connectivity index (χ1n) is 12.2. The van der Waals surface area contributed by atoms with Gasteiger partial charge in [0.15, 0.2) is 0 Å². The molecule has 0 spiro atoms. The van der Waals surface area contributed by atoms with Gasteiger partial charge in [0.25, 0.3) is 5.91 Å². The summed E-state index contributed by atoms with van der Waals surface area (Å²) in [6, 6.07) is 14.2. The van der Waals surface area contributed by atoms with Crippen LogP contribution >= 0.6 is 0 Å². The van der Waals surface area contributed by atoms with Crippen LogP contribution < -0.4 is 5.32 Å². The van der Waals surface area contributed by atoms with Crippen LogP contribution in [0, 0.1) is 12.7 Å². The van der Waals surface area contributed by atoms with E-state index in [4.69, 9.17) is 0 Å². The van der Waals surface area contributed by atoms with Crippen molar-refractivity contribution in [2.75, 3.05) is 7.05 Å². The van der Waals surface area contributed by atoms with Crippen LogP contribution in [-0.2, 0) is 0 Å². The smallest absolute Gasteiger partial charge is 0.255 e. The summed E-state index contributed by atoms with van der Waals surface area (Å²) < 4.78 is 15.6. The van der Waals surface area contributed by atoms with E-state index in [1.807, 2.05) is 36.5 Å². The maximum Gasteiger partial charge on any atom is 0.255 e. The molecule has 5 heterocycles. The molecule has 2 saturated heterocycles. The Morgan fingerprint density at radius 3 is 2.66 bits per heavy atom. The molecule has 2 fully saturated rings. The molecule has 1 aromatic carbocycles. The zero-order valence-electron chi connectivity index (χ0n) is 19.9. The van der Waals surface area contributed by atoms with Gasteiger partial charge >= 0.3 is 0 Å². The highest BCUT2D eigenvalue weighted by Gasteiger charge is 2.39. The highest BCUT2D eigenvalue weighted by molar-refractivity contribution is 6.01. The maximum atomic E-state index is 13.9. The van der Waals surface area contributed by atoms with E-state index in [0.717, 1.165) is 40.7 Å². The van der Waals surface area contributed by atoms with Crippen LogP contribution in [-0.4, -0.2) is 50.6 Å². The summed E-state index contributed by atoms with van der Waals surface area (Å²) in [5.74, 6) is -0.313. The van der Waals surface area contributed by atoms with Gasteiger partial charge in [-0.25, -0.2) is 8.91 Å². The molecule has 0 aliphatic carbocycles. The Hall–Kier alpha value is -3.58. The lowest BCUT2D eigenvalue weighted by Crippen LogP contribution is -2.48. The number of aromatic nitrogens is 3. The van der Waals surface area contributed by atoms with E-state index in [1.54, 1.807) is 29.9 Å². The van der Waals surface area contributed by atoms with Crippen molar-refractivity contribution in [2.45, 2.75) is 50.7 Å². The van der Waals surface area contributed by atoms with Gasteiger partial charge in [0.2, 0.25) is 0 Å². The monoisotopic (exact) mass is 469 g/mol. The Labute approximate surface area is 203 Å². The zero-order valence-corrected chi connectivity index (χ0v) is 19.9. The van der Waals surface area contributed by atoms with Gasteiger partial charge in [0, 0.05) is 41.6 Å². The molecule has 35 heavy (non-hydrogen) atoms. The summed E-state index contributed by atoms with van der Waals surface area (Å²) >= 11 is 0. The molecule has 3 aromatic heterocycles. The van der Waals surface area contributed by atoms with Crippen molar-refractivity contribution in [3.05, 3.63) is 78.0 Å². The van der Waals surface area contributed by atoms with Crippen molar-refractivity contribution < 1.29 is 9.18 Å². The van der Waals surface area contributed by atoms with Crippen molar-refractivity contribution in [1.29, 1.82) is 0 Å². The summed E-state index contributed by atoms with van der Waals surface area (Å²) in [6.45, 7) is 1.75. The van der Waals surface area contributed by atoms with E-state index >= 15 is 0 Å². The first-order chi connectivity index (χ1) is 17.0. The molecule has 4 aromatic rings. The number of nitrogens with zero attached hydrogens (tertiary/aromatic N) is 4. The van der Waals surface area contributed by atoms with Gasteiger partial charge in [0.05, 0.1) is 23.0 Å². The van der Waals surface area contributed by atoms with E-state index in [2.05, 4.69) is 27.3 Å². The van der Waals surface area contributed by atoms with E-state index in [-0.39, 0.29) is 17.8 Å². The SMILES string of the molecule is Cc1cc(-c2ncccc2-c2ccn3ncc(C(=O)NC4CC5CCC(C4)N5C)c3c2)ccc1F. The number of benzene rings is 1. The lowest BCUT2D eigenvalue weighted by molar-refractivity contribution is 0.0884. The van der Waals surface area contributed by atoms with Gasteiger partial charge in [0.1, 0.15) is 5.82 Å². The van der Waals surface area contributed by atoms with Crippen LogP contribution in [0.25, 0.3) is 27.9 Å². The molecule has 1 N–H and O–H groups in total. The number of carbonyl (C=O) groups excluding carboxylic acids is 1. The van der Waals surface area contributed by atoms with Crippen LogP contribution in [0.4, 0.5) is 4.39 Å². The molecule has 178 valence electrons. The lowest BCUT2D eigenvalue weighted by Gasteiger charge is -2.36. The summed E-state index contributed by atoms with van der Waals surface area (Å²) in [7, 11) is 2.20. The Morgan fingerprint density at radius 2 is 1.89 bits per heavy atom. The van der Waals surface area contributed by atoms with Gasteiger partial charge in [-0.05, 0) is 87.2 Å². The third-order valence-corrected chi connectivity index (χ3v) is 7.75. The van der Waals surface area contributed by atoms with Gasteiger partial charge in [-0.2, -0.15) is 5.10 Å². The minimum atomic E-state index is -0.236. The third-order valence-electron chi connectivity index (χ3n) is 7.75. The van der Waals surface area contributed by atoms with Gasteiger partial charge in [-0.1, -0.05) is 6.07 Å².